The maximum absolute atomic E-state index is 10.7. The minimum Gasteiger partial charge on any atom is -0.390 e. The molecule has 0 saturated carbocycles. The van der Waals surface area contributed by atoms with E-state index in [9.17, 15) is 15.0 Å². The first-order valence-corrected chi connectivity index (χ1v) is 7.10. The monoisotopic (exact) mass is 308 g/mol. The zero-order valence-electron chi connectivity index (χ0n) is 9.77. The summed E-state index contributed by atoms with van der Waals surface area (Å²) in [6.07, 6.45) is -1.70. The van der Waals surface area contributed by atoms with Gasteiger partial charge in [-0.25, -0.2) is 0 Å². The van der Waals surface area contributed by atoms with Gasteiger partial charge >= 0.3 is 0 Å². The fourth-order valence-corrected chi connectivity index (χ4v) is 2.64. The Morgan fingerprint density at radius 1 is 1.28 bits per heavy atom. The van der Waals surface area contributed by atoms with Gasteiger partial charge in [0, 0.05) is 22.7 Å². The molecule has 1 aromatic rings. The first-order chi connectivity index (χ1) is 8.40. The second kappa shape index (κ2) is 7.36. The largest absolute Gasteiger partial charge is 0.390 e. The number of aliphatic hydroxyl groups excluding tert-OH is 2. The average molecular weight is 309 g/mol. The van der Waals surface area contributed by atoms with E-state index in [1.165, 1.54) is 6.92 Å². The maximum Gasteiger partial charge on any atom is 0.185 e. The summed E-state index contributed by atoms with van der Waals surface area (Å²) in [6, 6.07) is 4.66. The Balaban J connectivity index is 2.62. The molecule has 1 rings (SSSR count). The van der Waals surface area contributed by atoms with Crippen molar-refractivity contribution in [3.63, 3.8) is 0 Å². The fourth-order valence-electron chi connectivity index (χ4n) is 1.45. The number of hydrogen-bond acceptors (Lipinski definition) is 4. The molecule has 0 radical (unpaired) electrons. The highest BCUT2D eigenvalue weighted by Gasteiger charge is 2.19. The molecule has 0 bridgehead atoms. The Bertz CT molecular complexity index is 406. The minimum absolute atomic E-state index is 0.0116. The van der Waals surface area contributed by atoms with E-state index in [-0.39, 0.29) is 5.12 Å². The van der Waals surface area contributed by atoms with E-state index in [2.05, 4.69) is 0 Å². The molecule has 1 aromatic carbocycles. The van der Waals surface area contributed by atoms with Gasteiger partial charge < -0.3 is 10.2 Å². The molecular weight excluding hydrogens is 295 g/mol. The molecule has 0 aliphatic rings. The molecule has 0 aromatic heterocycles. The molecular formula is C12H14Cl2O3S. The summed E-state index contributed by atoms with van der Waals surface area (Å²) in [6.45, 7) is 1.46. The van der Waals surface area contributed by atoms with Crippen LogP contribution < -0.4 is 0 Å². The minimum atomic E-state index is -1.06. The van der Waals surface area contributed by atoms with Gasteiger partial charge in [-0.15, -0.1) is 0 Å². The molecule has 2 unspecified atom stereocenters. The Morgan fingerprint density at radius 2 is 1.83 bits per heavy atom. The molecule has 0 aliphatic heterocycles. The maximum atomic E-state index is 10.7. The highest BCUT2D eigenvalue weighted by atomic mass is 35.5. The summed E-state index contributed by atoms with van der Waals surface area (Å²) >= 11 is 12.8. The number of carbonyl (C=O) groups is 1. The topological polar surface area (TPSA) is 57.5 Å². The van der Waals surface area contributed by atoms with Gasteiger partial charge in [0.15, 0.2) is 5.12 Å². The molecule has 0 aliphatic carbocycles. The van der Waals surface area contributed by atoms with E-state index in [1.54, 1.807) is 18.2 Å². The van der Waals surface area contributed by atoms with Gasteiger partial charge in [-0.2, -0.15) is 0 Å². The average Bonchev–Trinajstić information content (AvgIpc) is 2.26. The SMILES string of the molecule is CC(=O)SCCC(O)C(O)c1cc(Cl)cc(Cl)c1. The van der Waals surface area contributed by atoms with Gasteiger partial charge in [0.2, 0.25) is 0 Å². The fraction of sp³-hybridized carbons (Fsp3) is 0.417. The molecule has 6 heteroatoms. The van der Waals surface area contributed by atoms with E-state index >= 15 is 0 Å². The van der Waals surface area contributed by atoms with Crippen molar-refractivity contribution < 1.29 is 15.0 Å². The number of benzene rings is 1. The quantitative estimate of drug-likeness (QED) is 0.877. The van der Waals surface area contributed by atoms with Crippen molar-refractivity contribution >= 4 is 40.1 Å². The lowest BCUT2D eigenvalue weighted by molar-refractivity contribution is -0.109. The number of rotatable bonds is 5. The smallest absolute Gasteiger partial charge is 0.185 e. The van der Waals surface area contributed by atoms with Gasteiger partial charge in [0.25, 0.3) is 0 Å². The van der Waals surface area contributed by atoms with Crippen LogP contribution in [0.3, 0.4) is 0 Å². The van der Waals surface area contributed by atoms with Crippen LogP contribution in [-0.4, -0.2) is 27.2 Å². The van der Waals surface area contributed by atoms with E-state index < -0.39 is 12.2 Å². The van der Waals surface area contributed by atoms with Crippen LogP contribution in [0.1, 0.15) is 25.0 Å². The van der Waals surface area contributed by atoms with Gasteiger partial charge in [-0.1, -0.05) is 35.0 Å². The Kier molecular flexibility index (Phi) is 6.46. The normalized spacial score (nSPS) is 14.3. The third-order valence-corrected chi connectivity index (χ3v) is 3.59. The number of carbonyl (C=O) groups excluding carboxylic acids is 1. The molecule has 0 fully saturated rings. The predicted octanol–water partition coefficient (Wildman–Crippen LogP) is 3.06. The molecule has 0 heterocycles. The Morgan fingerprint density at radius 3 is 2.33 bits per heavy atom. The van der Waals surface area contributed by atoms with Crippen molar-refractivity contribution in [3.8, 4) is 0 Å². The first-order valence-electron chi connectivity index (χ1n) is 5.35. The van der Waals surface area contributed by atoms with Crippen molar-refractivity contribution in [1.82, 2.24) is 0 Å². The van der Waals surface area contributed by atoms with Crippen molar-refractivity contribution in [3.05, 3.63) is 33.8 Å². The highest BCUT2D eigenvalue weighted by molar-refractivity contribution is 8.13. The predicted molar refractivity (Wildman–Crippen MR) is 75.2 cm³/mol. The molecule has 18 heavy (non-hydrogen) atoms. The van der Waals surface area contributed by atoms with Crippen molar-refractivity contribution in [2.24, 2.45) is 0 Å². The molecule has 3 nitrogen and oxygen atoms in total. The zero-order valence-corrected chi connectivity index (χ0v) is 12.1. The van der Waals surface area contributed by atoms with Crippen LogP contribution in [0.25, 0.3) is 0 Å². The molecule has 0 spiro atoms. The van der Waals surface area contributed by atoms with Crippen molar-refractivity contribution in [2.75, 3.05) is 5.75 Å². The third kappa shape index (κ3) is 5.16. The Hall–Kier alpha value is -0.260. The van der Waals surface area contributed by atoms with E-state index in [0.29, 0.717) is 27.8 Å². The summed E-state index contributed by atoms with van der Waals surface area (Å²) in [5, 5.41) is 20.5. The zero-order chi connectivity index (χ0) is 13.7. The van der Waals surface area contributed by atoms with Gasteiger partial charge in [-0.3, -0.25) is 4.79 Å². The van der Waals surface area contributed by atoms with Crippen LogP contribution in [0, 0.1) is 0 Å². The molecule has 100 valence electrons. The number of thioether (sulfide) groups is 1. The second-order valence-corrected chi connectivity index (χ2v) is 5.99. The van der Waals surface area contributed by atoms with Crippen LogP contribution in [0.5, 0.6) is 0 Å². The van der Waals surface area contributed by atoms with Gasteiger partial charge in [-0.05, 0) is 30.2 Å². The summed E-state index contributed by atoms with van der Waals surface area (Å²) in [7, 11) is 0. The molecule has 0 amide bonds. The summed E-state index contributed by atoms with van der Waals surface area (Å²) < 4.78 is 0. The molecule has 0 saturated heterocycles. The van der Waals surface area contributed by atoms with Crippen LogP contribution in [-0.2, 0) is 4.79 Å². The summed E-state index contributed by atoms with van der Waals surface area (Å²) in [5.41, 5.74) is 0.466. The van der Waals surface area contributed by atoms with E-state index in [0.717, 1.165) is 11.8 Å². The lowest BCUT2D eigenvalue weighted by Gasteiger charge is -2.18. The van der Waals surface area contributed by atoms with Crippen molar-refractivity contribution in [1.29, 1.82) is 0 Å². The van der Waals surface area contributed by atoms with Crippen LogP contribution in [0.4, 0.5) is 0 Å². The standard InChI is InChI=1S/C12H14Cl2O3S/c1-7(15)18-3-2-11(16)12(17)8-4-9(13)6-10(14)5-8/h4-6,11-12,16-17H,2-3H2,1H3. The summed E-state index contributed by atoms with van der Waals surface area (Å²) in [4.78, 5) is 10.7. The molecule has 2 N–H and O–H groups in total. The lowest BCUT2D eigenvalue weighted by atomic mass is 10.0. The van der Waals surface area contributed by atoms with Gasteiger partial charge in [0.1, 0.15) is 6.10 Å². The van der Waals surface area contributed by atoms with Gasteiger partial charge in [0.05, 0.1) is 6.10 Å². The molecule has 2 atom stereocenters. The van der Waals surface area contributed by atoms with Crippen LogP contribution >= 0.6 is 35.0 Å². The number of aliphatic hydroxyl groups is 2. The Labute approximate surface area is 120 Å². The van der Waals surface area contributed by atoms with E-state index in [1.807, 2.05) is 0 Å². The highest BCUT2D eigenvalue weighted by Crippen LogP contribution is 2.26. The number of hydrogen-bond donors (Lipinski definition) is 2. The third-order valence-electron chi connectivity index (χ3n) is 2.31. The number of halogens is 2. The van der Waals surface area contributed by atoms with Crippen LogP contribution in [0.2, 0.25) is 10.0 Å². The lowest BCUT2D eigenvalue weighted by Crippen LogP contribution is -2.19. The van der Waals surface area contributed by atoms with Crippen LogP contribution in [0.15, 0.2) is 18.2 Å². The first kappa shape index (κ1) is 15.8. The van der Waals surface area contributed by atoms with Crippen molar-refractivity contribution in [2.45, 2.75) is 25.6 Å². The van der Waals surface area contributed by atoms with E-state index in [4.69, 9.17) is 23.2 Å². The second-order valence-electron chi connectivity index (χ2n) is 3.84. The summed E-state index contributed by atoms with van der Waals surface area (Å²) in [5.74, 6) is 0.460.